The molecular weight excluding hydrogens is 390 g/mol. The SMILES string of the molecule is CCOc1cc(-c2nnn(CC(=O)Nc3ccc4c(c3)OCCO4)n2)ccc1OC. The maximum Gasteiger partial charge on any atom is 0.248 e. The average Bonchev–Trinajstić information content (AvgIpc) is 3.22. The van der Waals surface area contributed by atoms with E-state index in [1.165, 1.54) is 4.80 Å². The molecule has 2 aromatic carbocycles. The van der Waals surface area contributed by atoms with E-state index >= 15 is 0 Å². The fourth-order valence-corrected chi connectivity index (χ4v) is 2.96. The number of fused-ring (bicyclic) bond motifs is 1. The van der Waals surface area contributed by atoms with Crippen LogP contribution in [0.2, 0.25) is 0 Å². The molecule has 0 aliphatic carbocycles. The van der Waals surface area contributed by atoms with Crippen LogP contribution in [0.5, 0.6) is 23.0 Å². The minimum absolute atomic E-state index is 0.0874. The van der Waals surface area contributed by atoms with Crippen LogP contribution in [0.3, 0.4) is 0 Å². The highest BCUT2D eigenvalue weighted by Crippen LogP contribution is 2.33. The predicted molar refractivity (Wildman–Crippen MR) is 107 cm³/mol. The number of nitrogens with one attached hydrogen (secondary N) is 1. The van der Waals surface area contributed by atoms with Crippen molar-refractivity contribution in [1.29, 1.82) is 0 Å². The first-order valence-corrected chi connectivity index (χ1v) is 9.45. The summed E-state index contributed by atoms with van der Waals surface area (Å²) in [6, 6.07) is 10.6. The van der Waals surface area contributed by atoms with Gasteiger partial charge in [-0.05, 0) is 42.5 Å². The lowest BCUT2D eigenvalue weighted by Gasteiger charge is -2.18. The fraction of sp³-hybridized carbons (Fsp3) is 0.300. The molecular formula is C20H21N5O5. The lowest BCUT2D eigenvalue weighted by Crippen LogP contribution is -2.21. The zero-order chi connectivity index (χ0) is 20.9. The van der Waals surface area contributed by atoms with Gasteiger partial charge in [0.1, 0.15) is 19.8 Å². The first kappa shape index (κ1) is 19.5. The van der Waals surface area contributed by atoms with Gasteiger partial charge in [-0.1, -0.05) is 0 Å². The van der Waals surface area contributed by atoms with E-state index in [0.29, 0.717) is 59.9 Å². The molecule has 156 valence electrons. The summed E-state index contributed by atoms with van der Waals surface area (Å²) >= 11 is 0. The first-order chi connectivity index (χ1) is 14.7. The number of anilines is 1. The molecule has 0 saturated heterocycles. The Hall–Kier alpha value is -3.82. The third-order valence-electron chi connectivity index (χ3n) is 4.29. The molecule has 0 spiro atoms. The third kappa shape index (κ3) is 4.27. The third-order valence-corrected chi connectivity index (χ3v) is 4.29. The van der Waals surface area contributed by atoms with Crippen molar-refractivity contribution in [3.05, 3.63) is 36.4 Å². The van der Waals surface area contributed by atoms with Crippen LogP contribution in [0.1, 0.15) is 6.92 Å². The zero-order valence-corrected chi connectivity index (χ0v) is 16.6. The molecule has 10 heteroatoms. The number of methoxy groups -OCH3 is 1. The monoisotopic (exact) mass is 411 g/mol. The number of hydrogen-bond acceptors (Lipinski definition) is 8. The van der Waals surface area contributed by atoms with Gasteiger partial charge < -0.3 is 24.3 Å². The standard InChI is InChI=1S/C20H21N5O5/c1-3-28-17-10-13(4-6-15(17)27-2)20-22-24-25(23-20)12-19(26)21-14-5-7-16-18(11-14)30-9-8-29-16/h4-7,10-11H,3,8-9,12H2,1-2H3,(H,21,26). The molecule has 4 rings (SSSR count). The van der Waals surface area contributed by atoms with Crippen LogP contribution >= 0.6 is 0 Å². The Morgan fingerprint density at radius 1 is 1.13 bits per heavy atom. The van der Waals surface area contributed by atoms with E-state index in [0.717, 1.165) is 0 Å². The van der Waals surface area contributed by atoms with Crippen molar-refractivity contribution in [2.24, 2.45) is 0 Å². The van der Waals surface area contributed by atoms with E-state index < -0.39 is 0 Å². The summed E-state index contributed by atoms with van der Waals surface area (Å²) in [6.45, 7) is 3.29. The summed E-state index contributed by atoms with van der Waals surface area (Å²) in [5.74, 6) is 2.56. The number of carbonyl (C=O) groups excluding carboxylic acids is 1. The summed E-state index contributed by atoms with van der Waals surface area (Å²) in [5, 5.41) is 15.1. The van der Waals surface area contributed by atoms with Crippen molar-refractivity contribution in [3.63, 3.8) is 0 Å². The van der Waals surface area contributed by atoms with Crippen LogP contribution in [0.4, 0.5) is 5.69 Å². The van der Waals surface area contributed by atoms with E-state index in [1.807, 2.05) is 6.92 Å². The molecule has 1 aromatic heterocycles. The highest BCUT2D eigenvalue weighted by atomic mass is 16.6. The molecule has 1 amide bonds. The van der Waals surface area contributed by atoms with Crippen LogP contribution in [0.15, 0.2) is 36.4 Å². The second-order valence-corrected chi connectivity index (χ2v) is 6.35. The number of amides is 1. The number of carbonyl (C=O) groups is 1. The molecule has 0 unspecified atom stereocenters. The van der Waals surface area contributed by atoms with Crippen LogP contribution < -0.4 is 24.3 Å². The summed E-state index contributed by atoms with van der Waals surface area (Å²) in [7, 11) is 1.58. The number of ether oxygens (including phenoxy) is 4. The van der Waals surface area contributed by atoms with Crippen molar-refractivity contribution in [3.8, 4) is 34.4 Å². The van der Waals surface area contributed by atoms with Crippen molar-refractivity contribution in [2.45, 2.75) is 13.5 Å². The molecule has 1 aliphatic heterocycles. The van der Waals surface area contributed by atoms with Gasteiger partial charge in [0.05, 0.1) is 13.7 Å². The summed E-state index contributed by atoms with van der Waals surface area (Å²) in [4.78, 5) is 13.6. The number of tetrazole rings is 1. The molecule has 0 fully saturated rings. The van der Waals surface area contributed by atoms with Gasteiger partial charge in [0, 0.05) is 17.3 Å². The molecule has 1 aliphatic rings. The number of benzene rings is 2. The largest absolute Gasteiger partial charge is 0.493 e. The Bertz CT molecular complexity index is 1050. The van der Waals surface area contributed by atoms with Gasteiger partial charge in [-0.15, -0.1) is 10.2 Å². The van der Waals surface area contributed by atoms with E-state index in [1.54, 1.807) is 43.5 Å². The molecule has 0 bridgehead atoms. The van der Waals surface area contributed by atoms with E-state index in [2.05, 4.69) is 20.7 Å². The smallest absolute Gasteiger partial charge is 0.248 e. The number of aromatic nitrogens is 4. The molecule has 10 nitrogen and oxygen atoms in total. The maximum atomic E-state index is 12.4. The normalized spacial score (nSPS) is 12.3. The van der Waals surface area contributed by atoms with Crippen LogP contribution in [0, 0.1) is 0 Å². The second kappa shape index (κ2) is 8.68. The lowest BCUT2D eigenvalue weighted by molar-refractivity contribution is -0.117. The molecule has 30 heavy (non-hydrogen) atoms. The van der Waals surface area contributed by atoms with Gasteiger partial charge >= 0.3 is 0 Å². The Morgan fingerprint density at radius 3 is 2.77 bits per heavy atom. The van der Waals surface area contributed by atoms with E-state index in [-0.39, 0.29) is 12.5 Å². The Balaban J connectivity index is 1.43. The second-order valence-electron chi connectivity index (χ2n) is 6.35. The van der Waals surface area contributed by atoms with Gasteiger partial charge in [0.25, 0.3) is 0 Å². The van der Waals surface area contributed by atoms with Crippen molar-refractivity contribution < 1.29 is 23.7 Å². The molecule has 0 atom stereocenters. The quantitative estimate of drug-likeness (QED) is 0.630. The van der Waals surface area contributed by atoms with Gasteiger partial charge in [-0.2, -0.15) is 4.80 Å². The minimum atomic E-state index is -0.291. The van der Waals surface area contributed by atoms with Gasteiger partial charge in [-0.25, -0.2) is 0 Å². The van der Waals surface area contributed by atoms with Crippen molar-refractivity contribution in [2.75, 3.05) is 32.2 Å². The first-order valence-electron chi connectivity index (χ1n) is 9.45. The van der Waals surface area contributed by atoms with E-state index in [9.17, 15) is 4.79 Å². The average molecular weight is 411 g/mol. The highest BCUT2D eigenvalue weighted by molar-refractivity contribution is 5.90. The van der Waals surface area contributed by atoms with Crippen LogP contribution in [0.25, 0.3) is 11.4 Å². The number of rotatable bonds is 7. The number of hydrogen-bond donors (Lipinski definition) is 1. The highest BCUT2D eigenvalue weighted by Gasteiger charge is 2.15. The lowest BCUT2D eigenvalue weighted by atomic mass is 10.2. The minimum Gasteiger partial charge on any atom is -0.493 e. The van der Waals surface area contributed by atoms with Crippen molar-refractivity contribution in [1.82, 2.24) is 20.2 Å². The van der Waals surface area contributed by atoms with Gasteiger partial charge in [0.15, 0.2) is 23.0 Å². The van der Waals surface area contributed by atoms with E-state index in [4.69, 9.17) is 18.9 Å². The topological polar surface area (TPSA) is 110 Å². The molecule has 0 saturated carbocycles. The molecule has 2 heterocycles. The molecule has 3 aromatic rings. The summed E-state index contributed by atoms with van der Waals surface area (Å²) < 4.78 is 21.9. The van der Waals surface area contributed by atoms with Crippen LogP contribution in [-0.4, -0.2) is 53.0 Å². The number of nitrogens with zero attached hydrogens (tertiary/aromatic N) is 4. The molecule has 1 N–H and O–H groups in total. The predicted octanol–water partition coefficient (Wildman–Crippen LogP) is 2.16. The zero-order valence-electron chi connectivity index (χ0n) is 16.6. The molecule has 0 radical (unpaired) electrons. The fourth-order valence-electron chi connectivity index (χ4n) is 2.96. The Labute approximate surface area is 172 Å². The van der Waals surface area contributed by atoms with Crippen molar-refractivity contribution >= 4 is 11.6 Å². The Kier molecular flexibility index (Phi) is 5.64. The summed E-state index contributed by atoms with van der Waals surface area (Å²) in [6.07, 6.45) is 0. The maximum absolute atomic E-state index is 12.4. The van der Waals surface area contributed by atoms with Crippen LogP contribution in [-0.2, 0) is 11.3 Å². The Morgan fingerprint density at radius 2 is 1.97 bits per heavy atom. The summed E-state index contributed by atoms with van der Waals surface area (Å²) in [5.41, 5.74) is 1.30. The van der Waals surface area contributed by atoms with Gasteiger partial charge in [0.2, 0.25) is 11.7 Å². The van der Waals surface area contributed by atoms with Gasteiger partial charge in [-0.3, -0.25) is 4.79 Å².